The Morgan fingerprint density at radius 3 is 2.24 bits per heavy atom. The third-order valence-corrected chi connectivity index (χ3v) is 8.16. The summed E-state index contributed by atoms with van der Waals surface area (Å²) in [7, 11) is 0. The van der Waals surface area contributed by atoms with E-state index in [9.17, 15) is 24.6 Å². The van der Waals surface area contributed by atoms with Gasteiger partial charge in [0.2, 0.25) is 12.3 Å². The maximum atomic E-state index is 14.0. The summed E-state index contributed by atoms with van der Waals surface area (Å²) in [6, 6.07) is 33.5. The SMILES string of the molecule is C[C@@H](/C=C/CC(=O)N(CCO)Cc1ccccc1)[C@]1(O)C(=O)N(Cc2cccc(N(C=O)c3ccccc3)c2)c2ccccc21. The van der Waals surface area contributed by atoms with Gasteiger partial charge in [-0.25, -0.2) is 0 Å². The molecule has 2 N–H and O–H groups in total. The number of fused-ring (bicyclic) bond motifs is 1. The van der Waals surface area contributed by atoms with E-state index in [2.05, 4.69) is 0 Å². The summed E-state index contributed by atoms with van der Waals surface area (Å²) in [5.74, 6) is -1.26. The number of hydrogen-bond donors (Lipinski definition) is 2. The number of nitrogens with zero attached hydrogens (tertiary/aromatic N) is 3. The number of para-hydroxylation sites is 2. The molecule has 0 saturated heterocycles. The van der Waals surface area contributed by atoms with Crippen molar-refractivity contribution >= 4 is 35.3 Å². The first-order chi connectivity index (χ1) is 21.9. The van der Waals surface area contributed by atoms with Crippen LogP contribution in [0.15, 0.2) is 121 Å². The number of anilines is 3. The number of rotatable bonds is 13. The zero-order valence-electron chi connectivity index (χ0n) is 25.2. The molecule has 0 aliphatic carbocycles. The molecule has 0 aromatic heterocycles. The lowest BCUT2D eigenvalue weighted by atomic mass is 9.83. The second-order valence-corrected chi connectivity index (χ2v) is 11.1. The van der Waals surface area contributed by atoms with Crippen molar-refractivity contribution in [2.45, 2.75) is 32.0 Å². The molecule has 0 spiro atoms. The van der Waals surface area contributed by atoms with Crippen LogP contribution in [0, 0.1) is 5.92 Å². The third kappa shape index (κ3) is 6.72. The van der Waals surface area contributed by atoms with Gasteiger partial charge < -0.3 is 20.0 Å². The number of benzene rings is 4. The van der Waals surface area contributed by atoms with Crippen molar-refractivity contribution in [1.82, 2.24) is 4.90 Å². The average molecular weight is 604 g/mol. The van der Waals surface area contributed by atoms with E-state index in [1.807, 2.05) is 97.1 Å². The van der Waals surface area contributed by atoms with Gasteiger partial charge >= 0.3 is 0 Å². The predicted molar refractivity (Wildman–Crippen MR) is 174 cm³/mol. The van der Waals surface area contributed by atoms with Crippen LogP contribution < -0.4 is 9.80 Å². The lowest BCUT2D eigenvalue weighted by molar-refractivity contribution is -0.139. The van der Waals surface area contributed by atoms with Crippen LogP contribution in [0.4, 0.5) is 17.1 Å². The standard InChI is InChI=1S/C37H37N3O5/c1-28(12-10-21-35(43)38(22-23-41)25-29-13-4-2-5-14-29)37(45)33-19-8-9-20-34(33)39(36(37)44)26-30-15-11-18-32(24-30)40(27-42)31-16-6-3-7-17-31/h2-20,24,27-28,41,45H,21-23,25-26H2,1H3/b12-10+/t28-,37+/m0/s1. The van der Waals surface area contributed by atoms with Crippen LogP contribution in [0.25, 0.3) is 0 Å². The monoisotopic (exact) mass is 603 g/mol. The Bertz CT molecular complexity index is 1660. The zero-order chi connectivity index (χ0) is 31.8. The van der Waals surface area contributed by atoms with Crippen LogP contribution >= 0.6 is 0 Å². The summed E-state index contributed by atoms with van der Waals surface area (Å²) in [5, 5.41) is 21.5. The molecule has 1 aliphatic rings. The topological polar surface area (TPSA) is 101 Å². The van der Waals surface area contributed by atoms with E-state index in [-0.39, 0.29) is 32.0 Å². The second-order valence-electron chi connectivity index (χ2n) is 11.1. The first-order valence-electron chi connectivity index (χ1n) is 15.0. The van der Waals surface area contributed by atoms with Gasteiger partial charge in [-0.2, -0.15) is 0 Å². The molecule has 0 fully saturated rings. The molecule has 0 bridgehead atoms. The Morgan fingerprint density at radius 1 is 0.889 bits per heavy atom. The highest BCUT2D eigenvalue weighted by molar-refractivity contribution is 6.07. The van der Waals surface area contributed by atoms with Crippen LogP contribution in [0.1, 0.15) is 30.0 Å². The first-order valence-corrected chi connectivity index (χ1v) is 15.0. The molecule has 8 heteroatoms. The normalized spacial score (nSPS) is 16.4. The average Bonchev–Trinajstić information content (AvgIpc) is 3.28. The summed E-state index contributed by atoms with van der Waals surface area (Å²) < 4.78 is 0. The summed E-state index contributed by atoms with van der Waals surface area (Å²) in [4.78, 5) is 43.7. The summed E-state index contributed by atoms with van der Waals surface area (Å²) in [5.41, 5.74) is 2.41. The summed E-state index contributed by atoms with van der Waals surface area (Å²) in [6.45, 7) is 2.39. The van der Waals surface area contributed by atoms with Gasteiger partial charge in [0.05, 0.1) is 18.8 Å². The van der Waals surface area contributed by atoms with E-state index in [4.69, 9.17) is 0 Å². The molecule has 1 aliphatic heterocycles. The molecule has 4 aromatic rings. The molecule has 5 rings (SSSR count). The van der Waals surface area contributed by atoms with Gasteiger partial charge in [-0.15, -0.1) is 0 Å². The number of aliphatic hydroxyl groups is 2. The van der Waals surface area contributed by atoms with Crippen LogP contribution in [-0.2, 0) is 33.1 Å². The predicted octanol–water partition coefficient (Wildman–Crippen LogP) is 5.32. The lowest BCUT2D eigenvalue weighted by Gasteiger charge is -2.28. The smallest absolute Gasteiger partial charge is 0.264 e. The van der Waals surface area contributed by atoms with Gasteiger partial charge in [0.25, 0.3) is 5.91 Å². The minimum Gasteiger partial charge on any atom is -0.395 e. The Hall–Kier alpha value is -5.05. The molecule has 0 radical (unpaired) electrons. The van der Waals surface area contributed by atoms with Crippen molar-refractivity contribution in [1.29, 1.82) is 0 Å². The summed E-state index contributed by atoms with van der Waals surface area (Å²) >= 11 is 0. The quantitative estimate of drug-likeness (QED) is 0.159. The van der Waals surface area contributed by atoms with Gasteiger partial charge in [0.15, 0.2) is 5.60 Å². The molecular formula is C37H37N3O5. The highest BCUT2D eigenvalue weighted by atomic mass is 16.3. The van der Waals surface area contributed by atoms with Gasteiger partial charge in [0.1, 0.15) is 0 Å². The Kier molecular flexibility index (Phi) is 9.87. The fourth-order valence-electron chi connectivity index (χ4n) is 5.76. The molecule has 3 amide bonds. The highest BCUT2D eigenvalue weighted by Gasteiger charge is 2.52. The Balaban J connectivity index is 1.33. The maximum Gasteiger partial charge on any atom is 0.264 e. The van der Waals surface area contributed by atoms with E-state index in [1.54, 1.807) is 41.0 Å². The van der Waals surface area contributed by atoms with Gasteiger partial charge in [-0.3, -0.25) is 19.3 Å². The Labute approximate surface area is 263 Å². The van der Waals surface area contributed by atoms with Crippen molar-refractivity contribution in [2.24, 2.45) is 5.92 Å². The fourth-order valence-corrected chi connectivity index (χ4v) is 5.76. The largest absolute Gasteiger partial charge is 0.395 e. The zero-order valence-corrected chi connectivity index (χ0v) is 25.2. The summed E-state index contributed by atoms with van der Waals surface area (Å²) in [6.07, 6.45) is 4.21. The van der Waals surface area contributed by atoms with Gasteiger partial charge in [-0.05, 0) is 41.5 Å². The second kappa shape index (κ2) is 14.2. The number of hydrogen-bond acceptors (Lipinski definition) is 5. The number of carbonyl (C=O) groups excluding carboxylic acids is 3. The molecule has 1 heterocycles. The Morgan fingerprint density at radius 2 is 1.53 bits per heavy atom. The van der Waals surface area contributed by atoms with E-state index in [0.717, 1.165) is 23.2 Å². The van der Waals surface area contributed by atoms with Crippen molar-refractivity contribution in [2.75, 3.05) is 23.0 Å². The molecule has 45 heavy (non-hydrogen) atoms. The van der Waals surface area contributed by atoms with Gasteiger partial charge in [-0.1, -0.05) is 97.9 Å². The first kappa shape index (κ1) is 31.4. The van der Waals surface area contributed by atoms with Crippen LogP contribution in [-0.4, -0.2) is 46.5 Å². The minimum atomic E-state index is -1.83. The molecule has 4 aromatic carbocycles. The van der Waals surface area contributed by atoms with Crippen LogP contribution in [0.2, 0.25) is 0 Å². The third-order valence-electron chi connectivity index (χ3n) is 8.16. The fraction of sp³-hybridized carbons (Fsp3) is 0.216. The van der Waals surface area contributed by atoms with Crippen molar-refractivity contribution in [3.8, 4) is 0 Å². The van der Waals surface area contributed by atoms with Crippen LogP contribution in [0.3, 0.4) is 0 Å². The maximum absolute atomic E-state index is 14.0. The van der Waals surface area contributed by atoms with Crippen LogP contribution in [0.5, 0.6) is 0 Å². The number of carbonyl (C=O) groups is 3. The number of aliphatic hydroxyl groups excluding tert-OH is 1. The van der Waals surface area contributed by atoms with E-state index in [1.165, 1.54) is 4.90 Å². The molecule has 2 atom stereocenters. The molecule has 0 unspecified atom stereocenters. The molecule has 230 valence electrons. The lowest BCUT2D eigenvalue weighted by Crippen LogP contribution is -2.44. The van der Waals surface area contributed by atoms with E-state index < -0.39 is 17.4 Å². The van der Waals surface area contributed by atoms with Crippen molar-refractivity contribution in [3.05, 3.63) is 138 Å². The van der Waals surface area contributed by atoms with E-state index >= 15 is 0 Å². The van der Waals surface area contributed by atoms with Crippen molar-refractivity contribution in [3.63, 3.8) is 0 Å². The molecule has 0 saturated carbocycles. The van der Waals surface area contributed by atoms with Crippen molar-refractivity contribution < 1.29 is 24.6 Å². The molecule has 8 nitrogen and oxygen atoms in total. The van der Waals surface area contributed by atoms with E-state index in [0.29, 0.717) is 23.5 Å². The molecular weight excluding hydrogens is 566 g/mol. The van der Waals surface area contributed by atoms with Gasteiger partial charge in [0, 0.05) is 42.4 Å². The number of amides is 3. The minimum absolute atomic E-state index is 0.0637. The highest BCUT2D eigenvalue weighted by Crippen LogP contribution is 2.45.